The van der Waals surface area contributed by atoms with Crippen LogP contribution in [0.15, 0.2) is 53.4 Å². The fraction of sp³-hybridized carbons (Fsp3) is 0.364. The molecule has 1 heterocycles. The monoisotopic (exact) mass is 414 g/mol. The summed E-state index contributed by atoms with van der Waals surface area (Å²) in [6, 6.07) is 14.2. The van der Waals surface area contributed by atoms with Gasteiger partial charge in [-0.2, -0.15) is 0 Å². The molecule has 3 rings (SSSR count). The van der Waals surface area contributed by atoms with Crippen molar-refractivity contribution >= 4 is 34.1 Å². The number of benzene rings is 2. The van der Waals surface area contributed by atoms with Gasteiger partial charge in [0, 0.05) is 30.7 Å². The van der Waals surface area contributed by atoms with Gasteiger partial charge in [0.25, 0.3) is 5.91 Å². The van der Waals surface area contributed by atoms with Crippen molar-refractivity contribution in [3.8, 4) is 0 Å². The van der Waals surface area contributed by atoms with Crippen molar-refractivity contribution in [3.05, 3.63) is 54.1 Å². The lowest BCUT2D eigenvalue weighted by Crippen LogP contribution is -2.24. The second-order valence-corrected chi connectivity index (χ2v) is 8.37. The Kier molecular flexibility index (Phi) is 7.41. The average Bonchev–Trinajstić information content (AvgIpc) is 3.02. The van der Waals surface area contributed by atoms with Crippen molar-refractivity contribution in [1.29, 1.82) is 0 Å². The van der Waals surface area contributed by atoms with Crippen LogP contribution in [-0.2, 0) is 20.3 Å². The van der Waals surface area contributed by atoms with E-state index in [9.17, 15) is 13.8 Å². The molecule has 0 aromatic heterocycles. The van der Waals surface area contributed by atoms with Crippen molar-refractivity contribution in [3.63, 3.8) is 0 Å². The molecule has 1 atom stereocenters. The van der Waals surface area contributed by atoms with Gasteiger partial charge in [0.1, 0.15) is 0 Å². The third-order valence-corrected chi connectivity index (χ3v) is 5.85. The number of hydrogen-bond donors (Lipinski definition) is 1. The third-order valence-electron chi connectivity index (χ3n) is 4.87. The van der Waals surface area contributed by atoms with Gasteiger partial charge in [-0.15, -0.1) is 0 Å². The molecule has 0 aliphatic carbocycles. The largest absolute Gasteiger partial charge is 0.452 e. The molecule has 2 aromatic rings. The molecule has 1 aliphatic heterocycles. The summed E-state index contributed by atoms with van der Waals surface area (Å²) in [6.45, 7) is 1.72. The lowest BCUT2D eigenvalue weighted by Gasteiger charge is -2.22. The molecule has 7 heteroatoms. The summed E-state index contributed by atoms with van der Waals surface area (Å²) in [6.07, 6.45) is 6.47. The van der Waals surface area contributed by atoms with Crippen molar-refractivity contribution in [2.45, 2.75) is 30.6 Å². The lowest BCUT2D eigenvalue weighted by molar-refractivity contribution is -0.119. The maximum absolute atomic E-state index is 12.2. The van der Waals surface area contributed by atoms with Crippen LogP contribution < -0.4 is 10.2 Å². The van der Waals surface area contributed by atoms with Crippen molar-refractivity contribution in [2.24, 2.45) is 0 Å². The zero-order valence-corrected chi connectivity index (χ0v) is 17.4. The van der Waals surface area contributed by atoms with E-state index in [0.717, 1.165) is 18.8 Å². The number of carbonyl (C=O) groups excluding carboxylic acids is 2. The molecule has 0 spiro atoms. The molecule has 1 saturated heterocycles. The summed E-state index contributed by atoms with van der Waals surface area (Å²) in [5.41, 5.74) is 2.02. The molecule has 1 N–H and O–H groups in total. The van der Waals surface area contributed by atoms with E-state index >= 15 is 0 Å². The molecular formula is C22H26N2O4S. The van der Waals surface area contributed by atoms with Crippen LogP contribution in [0.3, 0.4) is 0 Å². The Labute approximate surface area is 173 Å². The first-order chi connectivity index (χ1) is 14.0. The number of carbonyl (C=O) groups is 2. The summed E-state index contributed by atoms with van der Waals surface area (Å²) in [7, 11) is -1.32. The molecule has 0 radical (unpaired) electrons. The Balaban J connectivity index is 1.53. The zero-order valence-electron chi connectivity index (χ0n) is 16.6. The third kappa shape index (κ3) is 5.90. The van der Waals surface area contributed by atoms with E-state index in [1.54, 1.807) is 24.3 Å². The SMILES string of the molecule is C[S@@](=O)c1ccccc1C(=O)OCC(=O)Nc1ccc(N2CCCCCC2)cc1. The van der Waals surface area contributed by atoms with Crippen LogP contribution in [0.1, 0.15) is 36.0 Å². The van der Waals surface area contributed by atoms with Crippen molar-refractivity contribution in [1.82, 2.24) is 0 Å². The fourth-order valence-corrected chi connectivity index (χ4v) is 4.11. The molecule has 1 amide bonds. The normalized spacial score (nSPS) is 15.3. The predicted molar refractivity (Wildman–Crippen MR) is 115 cm³/mol. The van der Waals surface area contributed by atoms with Gasteiger partial charge in [-0.05, 0) is 49.2 Å². The standard InChI is InChI=1S/C22H26N2O4S/c1-29(27)20-9-5-4-8-19(20)22(26)28-16-21(25)23-17-10-12-18(13-11-17)24-14-6-2-3-7-15-24/h4-5,8-13H,2-3,6-7,14-16H2,1H3,(H,23,25)/t29-/m1/s1. The van der Waals surface area contributed by atoms with E-state index in [1.165, 1.54) is 31.9 Å². The van der Waals surface area contributed by atoms with Gasteiger partial charge in [0.05, 0.1) is 21.3 Å². The summed E-state index contributed by atoms with van der Waals surface area (Å²) >= 11 is 0. The smallest absolute Gasteiger partial charge is 0.339 e. The van der Waals surface area contributed by atoms with Crippen LogP contribution in [0.4, 0.5) is 11.4 Å². The first-order valence-corrected chi connectivity index (χ1v) is 11.3. The minimum absolute atomic E-state index is 0.211. The lowest BCUT2D eigenvalue weighted by atomic mass is 10.2. The number of nitrogens with zero attached hydrogens (tertiary/aromatic N) is 1. The molecule has 1 aliphatic rings. The summed E-state index contributed by atoms with van der Waals surface area (Å²) in [5, 5.41) is 2.73. The van der Waals surface area contributed by atoms with E-state index < -0.39 is 29.3 Å². The number of anilines is 2. The minimum Gasteiger partial charge on any atom is -0.452 e. The second kappa shape index (κ2) is 10.2. The Morgan fingerprint density at radius 1 is 1.00 bits per heavy atom. The molecular weight excluding hydrogens is 388 g/mol. The molecule has 154 valence electrons. The van der Waals surface area contributed by atoms with Gasteiger partial charge in [0.15, 0.2) is 6.61 Å². The number of ether oxygens (including phenoxy) is 1. The summed E-state index contributed by atoms with van der Waals surface area (Å²) in [4.78, 5) is 27.1. The van der Waals surface area contributed by atoms with Gasteiger partial charge in [0.2, 0.25) is 0 Å². The van der Waals surface area contributed by atoms with Gasteiger partial charge in [-0.1, -0.05) is 25.0 Å². The zero-order chi connectivity index (χ0) is 20.6. The van der Waals surface area contributed by atoms with E-state index in [2.05, 4.69) is 10.2 Å². The molecule has 0 bridgehead atoms. The maximum atomic E-state index is 12.2. The summed E-state index contributed by atoms with van der Waals surface area (Å²) < 4.78 is 16.8. The number of rotatable bonds is 6. The minimum atomic E-state index is -1.32. The van der Waals surface area contributed by atoms with E-state index in [0.29, 0.717) is 10.6 Å². The fourth-order valence-electron chi connectivity index (χ4n) is 3.38. The van der Waals surface area contributed by atoms with Gasteiger partial charge in [-0.25, -0.2) is 4.79 Å². The van der Waals surface area contributed by atoms with Crippen molar-refractivity contribution < 1.29 is 18.5 Å². The number of nitrogens with one attached hydrogen (secondary N) is 1. The predicted octanol–water partition coefficient (Wildman–Crippen LogP) is 3.60. The highest BCUT2D eigenvalue weighted by molar-refractivity contribution is 7.84. The summed E-state index contributed by atoms with van der Waals surface area (Å²) in [5.74, 6) is -1.08. The first kappa shape index (κ1) is 21.0. The highest BCUT2D eigenvalue weighted by Crippen LogP contribution is 2.21. The Bertz CT molecular complexity index is 875. The topological polar surface area (TPSA) is 75.7 Å². The number of amides is 1. The van der Waals surface area contributed by atoms with Crippen LogP contribution >= 0.6 is 0 Å². The highest BCUT2D eigenvalue weighted by atomic mass is 32.2. The van der Waals surface area contributed by atoms with Crippen LogP contribution in [0.5, 0.6) is 0 Å². The quantitative estimate of drug-likeness (QED) is 0.731. The van der Waals surface area contributed by atoms with Gasteiger partial charge in [-0.3, -0.25) is 9.00 Å². The van der Waals surface area contributed by atoms with E-state index in [4.69, 9.17) is 4.74 Å². The number of esters is 1. The molecule has 1 fully saturated rings. The van der Waals surface area contributed by atoms with Crippen LogP contribution in [0, 0.1) is 0 Å². The average molecular weight is 415 g/mol. The Hall–Kier alpha value is -2.67. The molecule has 2 aromatic carbocycles. The van der Waals surface area contributed by atoms with E-state index in [-0.39, 0.29) is 5.56 Å². The molecule has 0 saturated carbocycles. The van der Waals surface area contributed by atoms with Gasteiger partial charge < -0.3 is 15.0 Å². The van der Waals surface area contributed by atoms with Crippen LogP contribution in [0.2, 0.25) is 0 Å². The molecule has 6 nitrogen and oxygen atoms in total. The molecule has 0 unspecified atom stereocenters. The highest BCUT2D eigenvalue weighted by Gasteiger charge is 2.16. The number of hydrogen-bond acceptors (Lipinski definition) is 5. The Morgan fingerprint density at radius 2 is 1.66 bits per heavy atom. The Morgan fingerprint density at radius 3 is 2.31 bits per heavy atom. The second-order valence-electron chi connectivity index (χ2n) is 7.02. The van der Waals surface area contributed by atoms with Crippen LogP contribution in [0.25, 0.3) is 0 Å². The van der Waals surface area contributed by atoms with Gasteiger partial charge >= 0.3 is 5.97 Å². The maximum Gasteiger partial charge on any atom is 0.339 e. The van der Waals surface area contributed by atoms with Crippen LogP contribution in [-0.4, -0.2) is 42.0 Å². The van der Waals surface area contributed by atoms with E-state index in [1.807, 2.05) is 24.3 Å². The first-order valence-electron chi connectivity index (χ1n) is 9.79. The molecule has 29 heavy (non-hydrogen) atoms. The van der Waals surface area contributed by atoms with Crippen molar-refractivity contribution in [2.75, 3.05) is 36.2 Å².